The summed E-state index contributed by atoms with van der Waals surface area (Å²) in [6, 6.07) is 0. The lowest BCUT2D eigenvalue weighted by atomic mass is 9.55. The highest BCUT2D eigenvalue weighted by molar-refractivity contribution is 5.88. The number of fused-ring (bicyclic) bond motifs is 4. The molecule has 3 heteroatoms. The zero-order chi connectivity index (χ0) is 21.8. The monoisotopic (exact) mass is 412 g/mol. The molecule has 1 aliphatic heterocycles. The van der Waals surface area contributed by atoms with E-state index in [4.69, 9.17) is 4.74 Å². The summed E-state index contributed by atoms with van der Waals surface area (Å²) in [4.78, 5) is 25.0. The molecular weight excluding hydrogens is 372 g/mol. The highest BCUT2D eigenvalue weighted by Gasteiger charge is 2.59. The number of carbonyl (C=O) groups is 2. The van der Waals surface area contributed by atoms with Gasteiger partial charge in [0.2, 0.25) is 0 Å². The fourth-order valence-corrected chi connectivity index (χ4v) is 7.33. The SMILES string of the molecule is C=C(CC[C@@H](C)[C@H]1CC[C@H]2C3=C(CC[C@]12C)[C@@]1(C)CCC(=O)CC1C(=O)O3)C(C)C. The number of ether oxygens (including phenoxy) is 1. The van der Waals surface area contributed by atoms with E-state index in [2.05, 4.69) is 41.2 Å². The van der Waals surface area contributed by atoms with Crippen molar-refractivity contribution in [1.82, 2.24) is 0 Å². The summed E-state index contributed by atoms with van der Waals surface area (Å²) in [5.74, 6) is 3.09. The molecule has 0 bridgehead atoms. The highest BCUT2D eigenvalue weighted by atomic mass is 16.5. The predicted molar refractivity (Wildman–Crippen MR) is 120 cm³/mol. The van der Waals surface area contributed by atoms with Crippen LogP contribution in [0.15, 0.2) is 23.5 Å². The van der Waals surface area contributed by atoms with Gasteiger partial charge in [0.05, 0.1) is 5.92 Å². The van der Waals surface area contributed by atoms with Gasteiger partial charge in [-0.15, -0.1) is 0 Å². The van der Waals surface area contributed by atoms with Crippen molar-refractivity contribution in [2.24, 2.45) is 40.4 Å². The molecule has 166 valence electrons. The lowest BCUT2D eigenvalue weighted by Crippen LogP contribution is -2.49. The van der Waals surface area contributed by atoms with Gasteiger partial charge in [-0.1, -0.05) is 46.8 Å². The minimum Gasteiger partial charge on any atom is -0.431 e. The van der Waals surface area contributed by atoms with E-state index in [1.54, 1.807) is 0 Å². The second-order valence-electron chi connectivity index (χ2n) is 11.5. The number of hydrogen-bond acceptors (Lipinski definition) is 3. The zero-order valence-electron chi connectivity index (χ0n) is 19.7. The molecule has 1 unspecified atom stereocenters. The van der Waals surface area contributed by atoms with E-state index in [-0.39, 0.29) is 28.5 Å². The Labute approximate surface area is 182 Å². The quantitative estimate of drug-likeness (QED) is 0.376. The van der Waals surface area contributed by atoms with Crippen molar-refractivity contribution in [3.05, 3.63) is 23.5 Å². The zero-order valence-corrected chi connectivity index (χ0v) is 19.7. The first-order valence-corrected chi connectivity index (χ1v) is 12.2. The van der Waals surface area contributed by atoms with Crippen LogP contribution in [-0.4, -0.2) is 11.8 Å². The first-order valence-electron chi connectivity index (χ1n) is 12.2. The van der Waals surface area contributed by atoms with Gasteiger partial charge in [0.25, 0.3) is 0 Å². The molecule has 4 aliphatic rings. The molecule has 4 rings (SSSR count). The largest absolute Gasteiger partial charge is 0.431 e. The van der Waals surface area contributed by atoms with Crippen LogP contribution >= 0.6 is 0 Å². The van der Waals surface area contributed by atoms with Gasteiger partial charge in [-0.3, -0.25) is 9.59 Å². The third-order valence-corrected chi connectivity index (χ3v) is 9.67. The van der Waals surface area contributed by atoms with Crippen LogP contribution in [0.5, 0.6) is 0 Å². The Bertz CT molecular complexity index is 790. The van der Waals surface area contributed by atoms with Crippen LogP contribution in [0.2, 0.25) is 0 Å². The van der Waals surface area contributed by atoms with Crippen LogP contribution in [0, 0.1) is 40.4 Å². The summed E-state index contributed by atoms with van der Waals surface area (Å²) in [5, 5.41) is 0. The van der Waals surface area contributed by atoms with Gasteiger partial charge in [-0.2, -0.15) is 0 Å². The third kappa shape index (κ3) is 3.31. The first-order chi connectivity index (χ1) is 14.1. The van der Waals surface area contributed by atoms with Gasteiger partial charge in [0.15, 0.2) is 0 Å². The molecular formula is C27H40O3. The Morgan fingerprint density at radius 3 is 2.53 bits per heavy atom. The lowest BCUT2D eigenvalue weighted by molar-refractivity contribution is -0.159. The summed E-state index contributed by atoms with van der Waals surface area (Å²) in [7, 11) is 0. The maximum absolute atomic E-state index is 13.0. The molecule has 0 radical (unpaired) electrons. The highest BCUT2D eigenvalue weighted by Crippen LogP contribution is 2.64. The number of Topliss-reactive ketones (excluding diaryl/α,β-unsaturated/α-hetero) is 1. The van der Waals surface area contributed by atoms with Crippen molar-refractivity contribution >= 4 is 11.8 Å². The van der Waals surface area contributed by atoms with Crippen LogP contribution in [0.3, 0.4) is 0 Å². The van der Waals surface area contributed by atoms with Crippen LogP contribution in [-0.2, 0) is 14.3 Å². The molecule has 0 N–H and O–H groups in total. The topological polar surface area (TPSA) is 43.4 Å². The molecule has 0 aromatic carbocycles. The van der Waals surface area contributed by atoms with Crippen LogP contribution in [0.4, 0.5) is 0 Å². The number of allylic oxidation sites excluding steroid dienone is 3. The summed E-state index contributed by atoms with van der Waals surface area (Å²) in [6.07, 6.45) is 8.68. The number of carbonyl (C=O) groups excluding carboxylic acids is 2. The second-order valence-corrected chi connectivity index (χ2v) is 11.5. The van der Waals surface area contributed by atoms with E-state index in [1.807, 2.05) is 0 Å². The average Bonchev–Trinajstić information content (AvgIpc) is 3.04. The van der Waals surface area contributed by atoms with Gasteiger partial charge >= 0.3 is 5.97 Å². The Hall–Kier alpha value is -1.38. The Kier molecular flexibility index (Phi) is 5.56. The smallest absolute Gasteiger partial charge is 0.315 e. The van der Waals surface area contributed by atoms with E-state index in [9.17, 15) is 9.59 Å². The van der Waals surface area contributed by atoms with E-state index >= 15 is 0 Å². The van der Waals surface area contributed by atoms with Gasteiger partial charge in [0.1, 0.15) is 11.5 Å². The van der Waals surface area contributed by atoms with Crippen LogP contribution in [0.25, 0.3) is 0 Å². The molecule has 3 nitrogen and oxygen atoms in total. The van der Waals surface area contributed by atoms with E-state index in [0.717, 1.165) is 31.4 Å². The summed E-state index contributed by atoms with van der Waals surface area (Å²) in [6.45, 7) is 15.9. The maximum atomic E-state index is 13.0. The minimum atomic E-state index is -0.264. The van der Waals surface area contributed by atoms with Crippen molar-refractivity contribution in [2.45, 2.75) is 92.4 Å². The Morgan fingerprint density at radius 2 is 1.83 bits per heavy atom. The molecule has 2 fully saturated rings. The molecule has 3 aliphatic carbocycles. The molecule has 0 spiro atoms. The minimum absolute atomic E-state index is 0.140. The molecule has 0 aromatic heterocycles. The lowest BCUT2D eigenvalue weighted by Gasteiger charge is -2.52. The van der Waals surface area contributed by atoms with Gasteiger partial charge < -0.3 is 4.74 Å². The van der Waals surface area contributed by atoms with Crippen molar-refractivity contribution in [3.8, 4) is 0 Å². The van der Waals surface area contributed by atoms with Crippen LogP contribution < -0.4 is 0 Å². The number of esters is 1. The van der Waals surface area contributed by atoms with Crippen LogP contribution in [0.1, 0.15) is 92.4 Å². The first kappa shape index (κ1) is 21.8. The normalized spacial score (nSPS) is 39.3. The van der Waals surface area contributed by atoms with Crippen molar-refractivity contribution in [1.29, 1.82) is 0 Å². The number of hydrogen-bond donors (Lipinski definition) is 0. The molecule has 6 atom stereocenters. The van der Waals surface area contributed by atoms with Crippen molar-refractivity contribution in [2.75, 3.05) is 0 Å². The number of rotatable bonds is 5. The second kappa shape index (κ2) is 7.64. The fourth-order valence-electron chi connectivity index (χ4n) is 7.33. The summed E-state index contributed by atoms with van der Waals surface area (Å²) < 4.78 is 6.08. The number of ketones is 1. The van der Waals surface area contributed by atoms with Crippen molar-refractivity contribution in [3.63, 3.8) is 0 Å². The predicted octanol–water partition coefficient (Wildman–Crippen LogP) is 6.63. The van der Waals surface area contributed by atoms with E-state index in [0.29, 0.717) is 36.5 Å². The van der Waals surface area contributed by atoms with Gasteiger partial charge in [0, 0.05) is 24.2 Å². The van der Waals surface area contributed by atoms with Gasteiger partial charge in [-0.25, -0.2) is 0 Å². The molecule has 2 saturated carbocycles. The molecule has 1 heterocycles. The fraction of sp³-hybridized carbons (Fsp3) is 0.778. The molecule has 0 amide bonds. The van der Waals surface area contributed by atoms with Crippen molar-refractivity contribution < 1.29 is 14.3 Å². The van der Waals surface area contributed by atoms with E-state index < -0.39 is 0 Å². The Balaban J connectivity index is 1.57. The van der Waals surface area contributed by atoms with E-state index in [1.165, 1.54) is 30.4 Å². The molecule has 0 aromatic rings. The molecule has 30 heavy (non-hydrogen) atoms. The Morgan fingerprint density at radius 1 is 1.10 bits per heavy atom. The summed E-state index contributed by atoms with van der Waals surface area (Å²) in [5.41, 5.74) is 2.79. The molecule has 0 saturated heterocycles. The standard InChI is InChI=1S/C27H40O3/c1-16(2)17(3)7-8-18(4)20-9-10-21-24-22(12-14-26(20,21)5)27(6)13-11-19(28)15-23(27)25(29)30-24/h16,18,20-21,23H,3,7-15H2,1-2,4-6H3/t18-,20-,21+,23?,26-,27-/m1/s1. The average molecular weight is 413 g/mol. The van der Waals surface area contributed by atoms with Gasteiger partial charge in [-0.05, 0) is 73.7 Å². The third-order valence-electron chi connectivity index (χ3n) is 9.67. The maximum Gasteiger partial charge on any atom is 0.315 e. The summed E-state index contributed by atoms with van der Waals surface area (Å²) >= 11 is 0.